The van der Waals surface area contributed by atoms with Crippen molar-refractivity contribution in [2.24, 2.45) is 5.73 Å². The van der Waals surface area contributed by atoms with Gasteiger partial charge in [-0.2, -0.15) is 11.3 Å². The Kier molecular flexibility index (Phi) is 3.33. The van der Waals surface area contributed by atoms with Gasteiger partial charge in [-0.1, -0.05) is 12.2 Å². The predicted molar refractivity (Wildman–Crippen MR) is 50.8 cm³/mol. The molecule has 60 valence electrons. The molecule has 1 aromatic heterocycles. The average Bonchev–Trinajstić information content (AvgIpc) is 2.52. The van der Waals surface area contributed by atoms with Gasteiger partial charge in [-0.25, -0.2) is 0 Å². The molecule has 0 saturated carbocycles. The monoisotopic (exact) mass is 167 g/mol. The molecule has 0 amide bonds. The molecular formula is C9H13NS. The minimum absolute atomic E-state index is 0.615. The molecule has 2 N–H and O–H groups in total. The third kappa shape index (κ3) is 2.87. The Morgan fingerprint density at radius 1 is 1.64 bits per heavy atom. The van der Waals surface area contributed by atoms with E-state index in [0.29, 0.717) is 6.54 Å². The molecule has 1 heterocycles. The molecule has 1 aromatic rings. The van der Waals surface area contributed by atoms with Gasteiger partial charge in [-0.3, -0.25) is 0 Å². The first-order chi connectivity index (χ1) is 5.33. The van der Waals surface area contributed by atoms with E-state index in [1.165, 1.54) is 5.56 Å². The minimum Gasteiger partial charge on any atom is -0.327 e. The van der Waals surface area contributed by atoms with E-state index in [1.807, 2.05) is 0 Å². The molecule has 0 saturated heterocycles. The van der Waals surface area contributed by atoms with Crippen molar-refractivity contribution in [3.05, 3.63) is 34.5 Å². The van der Waals surface area contributed by atoms with Crippen LogP contribution in [0.3, 0.4) is 0 Å². The summed E-state index contributed by atoms with van der Waals surface area (Å²) < 4.78 is 0. The lowest BCUT2D eigenvalue weighted by atomic mass is 10.1. The zero-order chi connectivity index (χ0) is 8.10. The molecule has 0 bridgehead atoms. The van der Waals surface area contributed by atoms with Gasteiger partial charge in [0.2, 0.25) is 0 Å². The van der Waals surface area contributed by atoms with Crippen LogP contribution in [0.5, 0.6) is 0 Å². The Labute approximate surface area is 71.5 Å². The number of hydrogen-bond donors (Lipinski definition) is 1. The largest absolute Gasteiger partial charge is 0.327 e. The summed E-state index contributed by atoms with van der Waals surface area (Å²) in [7, 11) is 0. The van der Waals surface area contributed by atoms with Gasteiger partial charge >= 0.3 is 0 Å². The maximum absolute atomic E-state index is 5.41. The first kappa shape index (κ1) is 8.50. The lowest BCUT2D eigenvalue weighted by Gasteiger charge is -1.99. The topological polar surface area (TPSA) is 26.0 Å². The average molecular weight is 167 g/mol. The highest BCUT2D eigenvalue weighted by Crippen LogP contribution is 2.10. The van der Waals surface area contributed by atoms with Gasteiger partial charge in [-0.15, -0.1) is 0 Å². The van der Waals surface area contributed by atoms with Gasteiger partial charge in [0.05, 0.1) is 0 Å². The summed E-state index contributed by atoms with van der Waals surface area (Å²) >= 11 is 1.74. The van der Waals surface area contributed by atoms with Crippen LogP contribution in [0.25, 0.3) is 0 Å². The van der Waals surface area contributed by atoms with Crippen LogP contribution in [0.15, 0.2) is 29.0 Å². The molecule has 0 fully saturated rings. The van der Waals surface area contributed by atoms with Crippen LogP contribution in [0.2, 0.25) is 0 Å². The third-order valence-electron chi connectivity index (χ3n) is 1.64. The van der Waals surface area contributed by atoms with Gasteiger partial charge in [0, 0.05) is 6.54 Å². The first-order valence-electron chi connectivity index (χ1n) is 3.70. The van der Waals surface area contributed by atoms with Crippen LogP contribution >= 0.6 is 11.3 Å². The van der Waals surface area contributed by atoms with Crippen molar-refractivity contribution in [3.8, 4) is 0 Å². The molecule has 1 nitrogen and oxygen atoms in total. The normalized spacial score (nSPS) is 9.91. The molecule has 0 radical (unpaired) electrons. The molecule has 0 aliphatic heterocycles. The third-order valence-corrected chi connectivity index (χ3v) is 2.37. The molecule has 0 unspecified atom stereocenters. The number of aryl methyl sites for hydroxylation is 1. The second-order valence-electron chi connectivity index (χ2n) is 2.59. The Hall–Kier alpha value is -0.600. The predicted octanol–water partition coefficient (Wildman–Crippen LogP) is 2.20. The van der Waals surface area contributed by atoms with Crippen molar-refractivity contribution >= 4 is 11.3 Å². The van der Waals surface area contributed by atoms with Crippen molar-refractivity contribution in [3.63, 3.8) is 0 Å². The standard InChI is InChI=1S/C9H13NS/c1-8(6-10)2-3-9-4-5-11-7-9/h4-5,7H,1-3,6,10H2. The van der Waals surface area contributed by atoms with E-state index in [9.17, 15) is 0 Å². The van der Waals surface area contributed by atoms with Crippen molar-refractivity contribution in [1.82, 2.24) is 0 Å². The zero-order valence-electron chi connectivity index (χ0n) is 6.55. The van der Waals surface area contributed by atoms with E-state index < -0.39 is 0 Å². The molecule has 0 spiro atoms. The SMILES string of the molecule is C=C(CN)CCc1ccsc1. The van der Waals surface area contributed by atoms with E-state index in [-0.39, 0.29) is 0 Å². The van der Waals surface area contributed by atoms with Crippen LogP contribution in [0, 0.1) is 0 Å². The first-order valence-corrected chi connectivity index (χ1v) is 4.65. The Morgan fingerprint density at radius 3 is 3.00 bits per heavy atom. The lowest BCUT2D eigenvalue weighted by molar-refractivity contribution is 0.912. The second-order valence-corrected chi connectivity index (χ2v) is 3.37. The summed E-state index contributed by atoms with van der Waals surface area (Å²) in [6, 6.07) is 2.15. The molecule has 0 aromatic carbocycles. The van der Waals surface area contributed by atoms with Crippen LogP contribution in [-0.4, -0.2) is 6.54 Å². The van der Waals surface area contributed by atoms with Crippen LogP contribution in [0.1, 0.15) is 12.0 Å². The molecule has 0 aliphatic carbocycles. The second kappa shape index (κ2) is 4.31. The fourth-order valence-electron chi connectivity index (χ4n) is 0.858. The zero-order valence-corrected chi connectivity index (χ0v) is 7.36. The molecule has 11 heavy (non-hydrogen) atoms. The number of nitrogens with two attached hydrogens (primary N) is 1. The summed E-state index contributed by atoms with van der Waals surface area (Å²) in [5.41, 5.74) is 7.94. The fourth-order valence-corrected chi connectivity index (χ4v) is 1.56. The molecule has 0 aliphatic rings. The number of rotatable bonds is 4. The van der Waals surface area contributed by atoms with Crippen LogP contribution < -0.4 is 5.73 Å². The van der Waals surface area contributed by atoms with Crippen molar-refractivity contribution < 1.29 is 0 Å². The highest BCUT2D eigenvalue weighted by atomic mass is 32.1. The number of thiophene rings is 1. The molecular weight excluding hydrogens is 154 g/mol. The number of hydrogen-bond acceptors (Lipinski definition) is 2. The lowest BCUT2D eigenvalue weighted by Crippen LogP contribution is -2.02. The fraction of sp³-hybridized carbons (Fsp3) is 0.333. The quantitative estimate of drug-likeness (QED) is 0.683. The smallest absolute Gasteiger partial charge is 0.0134 e. The van der Waals surface area contributed by atoms with Crippen LogP contribution in [-0.2, 0) is 6.42 Å². The highest BCUT2D eigenvalue weighted by molar-refractivity contribution is 7.07. The van der Waals surface area contributed by atoms with Gasteiger partial charge in [-0.05, 0) is 35.2 Å². The van der Waals surface area contributed by atoms with Crippen molar-refractivity contribution in [2.45, 2.75) is 12.8 Å². The minimum atomic E-state index is 0.615. The van der Waals surface area contributed by atoms with Gasteiger partial charge in [0.25, 0.3) is 0 Å². The van der Waals surface area contributed by atoms with Crippen molar-refractivity contribution in [1.29, 1.82) is 0 Å². The summed E-state index contributed by atoms with van der Waals surface area (Å²) in [6.45, 7) is 4.47. The Morgan fingerprint density at radius 2 is 2.45 bits per heavy atom. The van der Waals surface area contributed by atoms with E-state index in [4.69, 9.17) is 5.73 Å². The van der Waals surface area contributed by atoms with Gasteiger partial charge < -0.3 is 5.73 Å². The summed E-state index contributed by atoms with van der Waals surface area (Å²) in [4.78, 5) is 0. The highest BCUT2D eigenvalue weighted by Gasteiger charge is 1.94. The summed E-state index contributed by atoms with van der Waals surface area (Å²) in [6.07, 6.45) is 2.10. The van der Waals surface area contributed by atoms with E-state index in [1.54, 1.807) is 11.3 Å². The summed E-state index contributed by atoms with van der Waals surface area (Å²) in [5.74, 6) is 0. The summed E-state index contributed by atoms with van der Waals surface area (Å²) in [5, 5.41) is 4.27. The molecule has 0 atom stereocenters. The van der Waals surface area contributed by atoms with Gasteiger partial charge in [0.15, 0.2) is 0 Å². The molecule has 1 rings (SSSR count). The Balaban J connectivity index is 2.29. The van der Waals surface area contributed by atoms with Crippen LogP contribution in [0.4, 0.5) is 0 Å². The van der Waals surface area contributed by atoms with E-state index >= 15 is 0 Å². The van der Waals surface area contributed by atoms with E-state index in [0.717, 1.165) is 18.4 Å². The maximum Gasteiger partial charge on any atom is 0.0134 e. The van der Waals surface area contributed by atoms with E-state index in [2.05, 4.69) is 23.4 Å². The van der Waals surface area contributed by atoms with Crippen molar-refractivity contribution in [2.75, 3.05) is 6.54 Å². The molecule has 2 heteroatoms. The van der Waals surface area contributed by atoms with Gasteiger partial charge in [0.1, 0.15) is 0 Å². The maximum atomic E-state index is 5.41. The Bertz CT molecular complexity index is 213.